The number of benzene rings is 3. The average molecular weight is 497 g/mol. The Bertz CT molecular complexity index is 1420. The molecule has 0 aromatic heterocycles. The molecule has 0 spiro atoms. The van der Waals surface area contributed by atoms with E-state index in [0.29, 0.717) is 46.9 Å². The maximum Gasteiger partial charge on any atom is 0.254 e. The van der Waals surface area contributed by atoms with Gasteiger partial charge in [-0.1, -0.05) is 44.2 Å². The summed E-state index contributed by atoms with van der Waals surface area (Å²) in [6.07, 6.45) is 1.10. The van der Waals surface area contributed by atoms with E-state index in [-0.39, 0.29) is 22.9 Å². The van der Waals surface area contributed by atoms with E-state index in [1.165, 1.54) is 24.3 Å². The number of Topliss-reactive ketones (excluding diaryl/α,β-unsaturated/α-hetero) is 1. The molecule has 0 saturated heterocycles. The summed E-state index contributed by atoms with van der Waals surface area (Å²) in [6, 6.07) is 22.6. The van der Waals surface area contributed by atoms with Crippen LogP contribution in [-0.4, -0.2) is 11.7 Å². The molecule has 1 heterocycles. The van der Waals surface area contributed by atoms with Crippen molar-refractivity contribution in [1.29, 1.82) is 0 Å². The number of nitrogens with one attached hydrogen (secondary N) is 2. The quantitative estimate of drug-likeness (QED) is 0.405. The number of carbonyl (C=O) groups excluding carboxylic acids is 2. The van der Waals surface area contributed by atoms with Crippen molar-refractivity contribution in [1.82, 2.24) is 5.32 Å². The lowest BCUT2D eigenvalue weighted by atomic mass is 9.68. The third kappa shape index (κ3) is 5.19. The number of hydrogen-bond donors (Lipinski definition) is 2. The molecule has 0 radical (unpaired) electrons. The number of rotatable bonds is 5. The average Bonchev–Trinajstić information content (AvgIpc) is 2.84. The molecule has 1 aliphatic heterocycles. The zero-order valence-corrected chi connectivity index (χ0v) is 21.1. The molecule has 2 aliphatic rings. The van der Waals surface area contributed by atoms with Crippen LogP contribution in [0, 0.1) is 11.2 Å². The SMILES string of the molecule is CC1=C(C(=O)Nc2ccc(F)cc2)C(c2cccc(Oc3ccccc3)c2)C2=C(CC(C)(C)CC2=O)N1. The number of anilines is 1. The molecule has 1 aliphatic carbocycles. The standard InChI is InChI=1S/C31H29FN2O3/c1-19-27(30(36)34-22-14-12-21(32)13-15-22)28(29-25(33-19)17-31(2,3)18-26(29)35)20-8-7-11-24(16-20)37-23-9-5-4-6-10-23/h4-16,28,33H,17-18H2,1-3H3,(H,34,36). The van der Waals surface area contributed by atoms with Crippen LogP contribution in [0.15, 0.2) is 101 Å². The Labute approximate surface area is 216 Å². The number of ketones is 1. The van der Waals surface area contributed by atoms with Crippen LogP contribution in [0.2, 0.25) is 0 Å². The van der Waals surface area contributed by atoms with E-state index in [0.717, 1.165) is 11.3 Å². The highest BCUT2D eigenvalue weighted by Crippen LogP contribution is 2.47. The van der Waals surface area contributed by atoms with E-state index < -0.39 is 5.92 Å². The van der Waals surface area contributed by atoms with Gasteiger partial charge >= 0.3 is 0 Å². The Balaban J connectivity index is 1.57. The Morgan fingerprint density at radius 2 is 1.68 bits per heavy atom. The molecule has 1 unspecified atom stereocenters. The lowest BCUT2D eigenvalue weighted by Crippen LogP contribution is -2.39. The minimum absolute atomic E-state index is 0.0257. The predicted molar refractivity (Wildman–Crippen MR) is 142 cm³/mol. The van der Waals surface area contributed by atoms with Crippen molar-refractivity contribution in [3.8, 4) is 11.5 Å². The Morgan fingerprint density at radius 3 is 2.41 bits per heavy atom. The number of ether oxygens (including phenoxy) is 1. The molecular weight excluding hydrogens is 467 g/mol. The molecule has 188 valence electrons. The summed E-state index contributed by atoms with van der Waals surface area (Å²) in [4.78, 5) is 27.2. The van der Waals surface area contributed by atoms with E-state index in [4.69, 9.17) is 4.74 Å². The fourth-order valence-electron chi connectivity index (χ4n) is 5.18. The van der Waals surface area contributed by atoms with Gasteiger partial charge in [-0.25, -0.2) is 4.39 Å². The predicted octanol–water partition coefficient (Wildman–Crippen LogP) is 6.86. The summed E-state index contributed by atoms with van der Waals surface area (Å²) in [7, 11) is 0. The molecule has 5 nitrogen and oxygen atoms in total. The van der Waals surface area contributed by atoms with E-state index in [2.05, 4.69) is 24.5 Å². The highest BCUT2D eigenvalue weighted by molar-refractivity contribution is 6.10. The maximum atomic E-state index is 13.7. The number of halogens is 1. The summed E-state index contributed by atoms with van der Waals surface area (Å²) in [5.74, 6) is 0.0360. The minimum atomic E-state index is -0.570. The van der Waals surface area contributed by atoms with Crippen LogP contribution in [0.4, 0.5) is 10.1 Å². The van der Waals surface area contributed by atoms with E-state index in [1.54, 1.807) is 0 Å². The Kier molecular flexibility index (Phi) is 6.42. The number of hydrogen-bond acceptors (Lipinski definition) is 4. The summed E-state index contributed by atoms with van der Waals surface area (Å²) >= 11 is 0. The van der Waals surface area contributed by atoms with Gasteiger partial charge in [0.05, 0.1) is 0 Å². The van der Waals surface area contributed by atoms with Crippen LogP contribution >= 0.6 is 0 Å². The van der Waals surface area contributed by atoms with Gasteiger partial charge in [0.15, 0.2) is 5.78 Å². The molecule has 0 fully saturated rings. The monoisotopic (exact) mass is 496 g/mol. The van der Waals surface area contributed by atoms with Crippen molar-refractivity contribution in [2.45, 2.75) is 39.5 Å². The van der Waals surface area contributed by atoms with Crippen molar-refractivity contribution in [2.75, 3.05) is 5.32 Å². The molecule has 0 bridgehead atoms. The second-order valence-electron chi connectivity index (χ2n) is 10.4. The molecule has 0 saturated carbocycles. The molecule has 1 atom stereocenters. The van der Waals surface area contributed by atoms with Crippen molar-refractivity contribution in [2.24, 2.45) is 5.41 Å². The van der Waals surface area contributed by atoms with E-state index >= 15 is 0 Å². The van der Waals surface area contributed by atoms with Gasteiger partial charge in [-0.3, -0.25) is 9.59 Å². The summed E-state index contributed by atoms with van der Waals surface area (Å²) in [5.41, 5.74) is 3.69. The second kappa shape index (κ2) is 9.69. The summed E-state index contributed by atoms with van der Waals surface area (Å²) < 4.78 is 19.5. The van der Waals surface area contributed by atoms with Crippen LogP contribution < -0.4 is 15.4 Å². The fourth-order valence-corrected chi connectivity index (χ4v) is 5.18. The first-order chi connectivity index (χ1) is 17.7. The molecular formula is C31H29FN2O3. The number of allylic oxidation sites excluding steroid dienone is 3. The van der Waals surface area contributed by atoms with Crippen LogP contribution in [0.1, 0.15) is 45.1 Å². The zero-order chi connectivity index (χ0) is 26.2. The largest absolute Gasteiger partial charge is 0.457 e. The van der Waals surface area contributed by atoms with Crippen molar-refractivity contribution < 1.29 is 18.7 Å². The smallest absolute Gasteiger partial charge is 0.254 e. The molecule has 3 aromatic carbocycles. The number of amides is 1. The topological polar surface area (TPSA) is 67.4 Å². The lowest BCUT2D eigenvalue weighted by Gasteiger charge is -2.39. The lowest BCUT2D eigenvalue weighted by molar-refractivity contribution is -0.118. The van der Waals surface area contributed by atoms with Crippen molar-refractivity contribution in [3.63, 3.8) is 0 Å². The Hall–Kier alpha value is -4.19. The van der Waals surface area contributed by atoms with Crippen molar-refractivity contribution in [3.05, 3.63) is 113 Å². The van der Waals surface area contributed by atoms with E-state index in [9.17, 15) is 14.0 Å². The van der Waals surface area contributed by atoms with Crippen LogP contribution in [-0.2, 0) is 9.59 Å². The van der Waals surface area contributed by atoms with Gasteiger partial charge in [-0.2, -0.15) is 0 Å². The molecule has 3 aromatic rings. The van der Waals surface area contributed by atoms with Crippen LogP contribution in [0.25, 0.3) is 0 Å². The van der Waals surface area contributed by atoms with Gasteiger partial charge in [0.25, 0.3) is 5.91 Å². The van der Waals surface area contributed by atoms with Gasteiger partial charge < -0.3 is 15.4 Å². The molecule has 1 amide bonds. The molecule has 2 N–H and O–H groups in total. The fraction of sp³-hybridized carbons (Fsp3) is 0.226. The highest BCUT2D eigenvalue weighted by atomic mass is 19.1. The summed E-state index contributed by atoms with van der Waals surface area (Å²) in [6.45, 7) is 6.01. The first kappa shape index (κ1) is 24.5. The zero-order valence-electron chi connectivity index (χ0n) is 21.1. The maximum absolute atomic E-state index is 13.7. The van der Waals surface area contributed by atoms with Gasteiger partial charge in [0.1, 0.15) is 17.3 Å². The Morgan fingerprint density at radius 1 is 0.973 bits per heavy atom. The van der Waals surface area contributed by atoms with Gasteiger partial charge in [0.2, 0.25) is 0 Å². The van der Waals surface area contributed by atoms with Crippen LogP contribution in [0.5, 0.6) is 11.5 Å². The van der Waals surface area contributed by atoms with Crippen molar-refractivity contribution >= 4 is 17.4 Å². The number of para-hydroxylation sites is 1. The molecule has 6 heteroatoms. The van der Waals surface area contributed by atoms with Gasteiger partial charge in [0, 0.05) is 40.6 Å². The minimum Gasteiger partial charge on any atom is -0.457 e. The van der Waals surface area contributed by atoms with Gasteiger partial charge in [-0.15, -0.1) is 0 Å². The normalized spacial score (nSPS) is 18.7. The van der Waals surface area contributed by atoms with Gasteiger partial charge in [-0.05, 0) is 72.9 Å². The number of carbonyl (C=O) groups is 2. The third-order valence-electron chi connectivity index (χ3n) is 6.76. The molecule has 5 rings (SSSR count). The summed E-state index contributed by atoms with van der Waals surface area (Å²) in [5, 5.41) is 6.25. The first-order valence-electron chi connectivity index (χ1n) is 12.3. The van der Waals surface area contributed by atoms with Crippen LogP contribution in [0.3, 0.4) is 0 Å². The molecule has 37 heavy (non-hydrogen) atoms. The van der Waals surface area contributed by atoms with E-state index in [1.807, 2.05) is 61.5 Å². The first-order valence-corrected chi connectivity index (χ1v) is 12.3. The third-order valence-corrected chi connectivity index (χ3v) is 6.76. The highest BCUT2D eigenvalue weighted by Gasteiger charge is 2.42. The second-order valence-corrected chi connectivity index (χ2v) is 10.4. The number of dihydropyridines is 1.